The number of nitrogens with zero attached hydrogens (tertiary/aromatic N) is 3. The van der Waals surface area contributed by atoms with Crippen LogP contribution in [-0.2, 0) is 4.79 Å². The SMILES string of the molecule is O=C1CCCN1CCCNc1nc(C=Cc2ccccc2)nc2cc(Cl)ccc12. The van der Waals surface area contributed by atoms with Gasteiger partial charge in [-0.2, -0.15) is 0 Å². The first-order chi connectivity index (χ1) is 14.2. The van der Waals surface area contributed by atoms with Gasteiger partial charge in [-0.3, -0.25) is 4.79 Å². The van der Waals surface area contributed by atoms with Gasteiger partial charge in [0.1, 0.15) is 5.82 Å². The Kier molecular flexibility index (Phi) is 6.06. The highest BCUT2D eigenvalue weighted by Crippen LogP contribution is 2.24. The van der Waals surface area contributed by atoms with Gasteiger partial charge in [0.05, 0.1) is 5.52 Å². The standard InChI is InChI=1S/C23H23ClN4O/c24-18-10-11-19-20(16-18)26-21(12-9-17-6-2-1-3-7-17)27-23(19)25-13-5-15-28-14-4-8-22(28)29/h1-3,6-7,9-12,16H,4-5,8,13-15H2,(H,25,26,27). The molecular formula is C23H23ClN4O. The van der Waals surface area contributed by atoms with Crippen molar-refractivity contribution in [3.05, 3.63) is 64.9 Å². The predicted molar refractivity (Wildman–Crippen MR) is 119 cm³/mol. The molecule has 1 aliphatic rings. The minimum absolute atomic E-state index is 0.264. The molecule has 1 amide bonds. The van der Waals surface area contributed by atoms with Gasteiger partial charge in [0.25, 0.3) is 0 Å². The van der Waals surface area contributed by atoms with Crippen molar-refractivity contribution >= 4 is 46.4 Å². The summed E-state index contributed by atoms with van der Waals surface area (Å²) in [4.78, 5) is 23.0. The van der Waals surface area contributed by atoms with Crippen molar-refractivity contribution in [1.82, 2.24) is 14.9 Å². The fraction of sp³-hybridized carbons (Fsp3) is 0.261. The van der Waals surface area contributed by atoms with Gasteiger partial charge in [-0.15, -0.1) is 0 Å². The van der Waals surface area contributed by atoms with Gasteiger partial charge < -0.3 is 10.2 Å². The van der Waals surface area contributed by atoms with Crippen LogP contribution in [0.25, 0.3) is 23.1 Å². The molecule has 1 saturated heterocycles. The second kappa shape index (κ2) is 9.05. The monoisotopic (exact) mass is 406 g/mol. The van der Waals surface area contributed by atoms with E-state index in [0.29, 0.717) is 17.3 Å². The zero-order valence-corrected chi connectivity index (χ0v) is 16.9. The fourth-order valence-electron chi connectivity index (χ4n) is 3.48. The van der Waals surface area contributed by atoms with E-state index in [1.807, 2.05) is 65.6 Å². The van der Waals surface area contributed by atoms with Gasteiger partial charge >= 0.3 is 0 Å². The summed E-state index contributed by atoms with van der Waals surface area (Å²) in [6.45, 7) is 2.39. The summed E-state index contributed by atoms with van der Waals surface area (Å²) in [6.07, 6.45) is 6.43. The molecule has 1 aliphatic heterocycles. The van der Waals surface area contributed by atoms with Gasteiger partial charge in [0.2, 0.25) is 5.91 Å². The third-order valence-electron chi connectivity index (χ3n) is 4.97. The van der Waals surface area contributed by atoms with Crippen LogP contribution in [0.2, 0.25) is 5.02 Å². The van der Waals surface area contributed by atoms with Crippen molar-refractivity contribution in [3.8, 4) is 0 Å². The molecule has 0 spiro atoms. The summed E-state index contributed by atoms with van der Waals surface area (Å²) in [5.74, 6) is 1.67. The third kappa shape index (κ3) is 4.93. The Labute approximate surface area is 175 Å². The first kappa shape index (κ1) is 19.4. The summed E-state index contributed by atoms with van der Waals surface area (Å²) in [6, 6.07) is 15.7. The first-order valence-corrected chi connectivity index (χ1v) is 10.3. The molecule has 0 unspecified atom stereocenters. The number of fused-ring (bicyclic) bond motifs is 1. The Bertz CT molecular complexity index is 1040. The van der Waals surface area contributed by atoms with Gasteiger partial charge in [0.15, 0.2) is 5.82 Å². The van der Waals surface area contributed by atoms with Gasteiger partial charge in [-0.1, -0.05) is 48.0 Å². The van der Waals surface area contributed by atoms with E-state index in [1.165, 1.54) is 0 Å². The highest BCUT2D eigenvalue weighted by Gasteiger charge is 2.19. The van der Waals surface area contributed by atoms with E-state index >= 15 is 0 Å². The van der Waals surface area contributed by atoms with Crippen molar-refractivity contribution in [2.24, 2.45) is 0 Å². The number of amides is 1. The molecule has 1 N–H and O–H groups in total. The van der Waals surface area contributed by atoms with Crippen LogP contribution in [0.4, 0.5) is 5.82 Å². The summed E-state index contributed by atoms with van der Waals surface area (Å²) in [5, 5.41) is 5.00. The fourth-order valence-corrected chi connectivity index (χ4v) is 3.65. The molecule has 1 aromatic heterocycles. The largest absolute Gasteiger partial charge is 0.369 e. The lowest BCUT2D eigenvalue weighted by molar-refractivity contribution is -0.127. The maximum Gasteiger partial charge on any atom is 0.222 e. The molecule has 5 nitrogen and oxygen atoms in total. The molecule has 0 saturated carbocycles. The normalized spacial score (nSPS) is 14.2. The number of rotatable bonds is 7. The van der Waals surface area contributed by atoms with Crippen LogP contribution in [0.3, 0.4) is 0 Å². The first-order valence-electron chi connectivity index (χ1n) is 9.91. The molecule has 0 radical (unpaired) electrons. The molecule has 6 heteroatoms. The molecule has 29 heavy (non-hydrogen) atoms. The van der Waals surface area contributed by atoms with E-state index in [4.69, 9.17) is 16.6 Å². The van der Waals surface area contributed by atoms with E-state index < -0.39 is 0 Å². The zero-order valence-electron chi connectivity index (χ0n) is 16.1. The Balaban J connectivity index is 1.51. The summed E-state index contributed by atoms with van der Waals surface area (Å²) in [5.41, 5.74) is 1.89. The average molecular weight is 407 g/mol. The lowest BCUT2D eigenvalue weighted by Gasteiger charge is -2.16. The van der Waals surface area contributed by atoms with Gasteiger partial charge in [-0.05, 0) is 42.7 Å². The quantitative estimate of drug-likeness (QED) is 0.568. The van der Waals surface area contributed by atoms with E-state index in [2.05, 4.69) is 10.3 Å². The average Bonchev–Trinajstić information content (AvgIpc) is 3.14. The van der Waals surface area contributed by atoms with Gasteiger partial charge in [-0.25, -0.2) is 9.97 Å². The maximum absolute atomic E-state index is 11.7. The lowest BCUT2D eigenvalue weighted by Crippen LogP contribution is -2.27. The van der Waals surface area contributed by atoms with Crippen LogP contribution in [0.5, 0.6) is 0 Å². The number of halogens is 1. The lowest BCUT2D eigenvalue weighted by atomic mass is 10.2. The van der Waals surface area contributed by atoms with Crippen LogP contribution in [0.15, 0.2) is 48.5 Å². The number of hydrogen-bond donors (Lipinski definition) is 1. The zero-order chi connectivity index (χ0) is 20.1. The number of hydrogen-bond acceptors (Lipinski definition) is 4. The molecule has 2 aromatic carbocycles. The molecule has 2 heterocycles. The predicted octanol–water partition coefficient (Wildman–Crippen LogP) is 4.88. The number of nitrogens with one attached hydrogen (secondary N) is 1. The van der Waals surface area contributed by atoms with Crippen molar-refractivity contribution in [2.75, 3.05) is 25.0 Å². The Morgan fingerprint density at radius 2 is 1.97 bits per heavy atom. The van der Waals surface area contributed by atoms with Crippen LogP contribution in [-0.4, -0.2) is 40.4 Å². The van der Waals surface area contributed by atoms with Crippen molar-refractivity contribution in [2.45, 2.75) is 19.3 Å². The minimum atomic E-state index is 0.264. The molecule has 0 atom stereocenters. The second-order valence-electron chi connectivity index (χ2n) is 7.10. The summed E-state index contributed by atoms with van der Waals surface area (Å²) in [7, 11) is 0. The number of benzene rings is 2. The number of carbonyl (C=O) groups is 1. The van der Waals surface area contributed by atoms with Gasteiger partial charge in [0, 0.05) is 36.5 Å². The van der Waals surface area contributed by atoms with Crippen LogP contribution >= 0.6 is 11.6 Å². The van der Waals surface area contributed by atoms with E-state index in [1.54, 1.807) is 0 Å². The van der Waals surface area contributed by atoms with E-state index in [9.17, 15) is 4.79 Å². The molecular weight excluding hydrogens is 384 g/mol. The highest BCUT2D eigenvalue weighted by atomic mass is 35.5. The molecule has 0 aliphatic carbocycles. The highest BCUT2D eigenvalue weighted by molar-refractivity contribution is 6.31. The van der Waals surface area contributed by atoms with Crippen molar-refractivity contribution in [1.29, 1.82) is 0 Å². The molecule has 148 valence electrons. The molecule has 3 aromatic rings. The Hall–Kier alpha value is -2.92. The number of likely N-dealkylation sites (tertiary alicyclic amines) is 1. The Morgan fingerprint density at radius 1 is 1.10 bits per heavy atom. The summed E-state index contributed by atoms with van der Waals surface area (Å²) < 4.78 is 0. The maximum atomic E-state index is 11.7. The number of aromatic nitrogens is 2. The topological polar surface area (TPSA) is 58.1 Å². The van der Waals surface area contributed by atoms with Crippen LogP contribution < -0.4 is 5.32 Å². The minimum Gasteiger partial charge on any atom is -0.369 e. The van der Waals surface area contributed by atoms with E-state index in [0.717, 1.165) is 54.8 Å². The summed E-state index contributed by atoms with van der Waals surface area (Å²) >= 11 is 6.17. The van der Waals surface area contributed by atoms with E-state index in [-0.39, 0.29) is 5.91 Å². The van der Waals surface area contributed by atoms with Crippen molar-refractivity contribution in [3.63, 3.8) is 0 Å². The van der Waals surface area contributed by atoms with Crippen LogP contribution in [0, 0.1) is 0 Å². The third-order valence-corrected chi connectivity index (χ3v) is 5.20. The number of anilines is 1. The Morgan fingerprint density at radius 3 is 2.76 bits per heavy atom. The van der Waals surface area contributed by atoms with Crippen LogP contribution in [0.1, 0.15) is 30.7 Å². The molecule has 4 rings (SSSR count). The number of carbonyl (C=O) groups excluding carboxylic acids is 1. The smallest absolute Gasteiger partial charge is 0.222 e. The second-order valence-corrected chi connectivity index (χ2v) is 7.54. The molecule has 0 bridgehead atoms. The molecule has 1 fully saturated rings. The van der Waals surface area contributed by atoms with Crippen molar-refractivity contribution < 1.29 is 4.79 Å².